The minimum atomic E-state index is -3.40. The van der Waals surface area contributed by atoms with E-state index in [1.165, 1.54) is 48.7 Å². The molecule has 2 rings (SSSR count). The van der Waals surface area contributed by atoms with Crippen LogP contribution in [0, 0.1) is 0 Å². The molecule has 0 saturated heterocycles. The molecule has 0 heterocycles. The Morgan fingerprint density at radius 2 is 1.47 bits per heavy atom. The third-order valence-electron chi connectivity index (χ3n) is 4.24. The van der Waals surface area contributed by atoms with Crippen molar-refractivity contribution in [2.45, 2.75) is 4.90 Å². The normalized spacial score (nSPS) is 11.3. The molecule has 1 amide bonds. The Morgan fingerprint density at radius 1 is 0.875 bits per heavy atom. The van der Waals surface area contributed by atoms with Crippen molar-refractivity contribution in [2.24, 2.45) is 0 Å². The first-order valence-corrected chi connectivity index (χ1v) is 12.2. The molecule has 0 aliphatic carbocycles. The molecule has 0 fully saturated rings. The van der Waals surface area contributed by atoms with Gasteiger partial charge in [0.2, 0.25) is 5.91 Å². The average molecular weight is 483 g/mol. The zero-order valence-electron chi connectivity index (χ0n) is 18.7. The molecule has 0 aliphatic heterocycles. The highest BCUT2D eigenvalue weighted by Crippen LogP contribution is 2.64. The minimum absolute atomic E-state index is 0.396. The second-order valence-electron chi connectivity index (χ2n) is 6.04. The Hall–Kier alpha value is -2.65. The second-order valence-corrected chi connectivity index (χ2v) is 10.2. The van der Waals surface area contributed by atoms with Gasteiger partial charge in [-0.3, -0.25) is 4.79 Å². The first-order valence-electron chi connectivity index (χ1n) is 9.21. The number of ether oxygens (including phenoxy) is 4. The molecule has 0 aromatic heterocycles. The predicted molar refractivity (Wildman–Crippen MR) is 124 cm³/mol. The summed E-state index contributed by atoms with van der Waals surface area (Å²) in [6, 6.07) is 8.31. The molecular formula is C21H26NO8PS. The van der Waals surface area contributed by atoms with Crippen molar-refractivity contribution in [2.75, 3.05) is 48.0 Å². The lowest BCUT2D eigenvalue weighted by Crippen LogP contribution is -2.08. The van der Waals surface area contributed by atoms with E-state index in [0.717, 1.165) is 11.4 Å². The molecule has 0 aliphatic rings. The Balaban J connectivity index is 2.26. The number of rotatable bonds is 11. The topological polar surface area (TPSA) is 102 Å². The first kappa shape index (κ1) is 25.6. The van der Waals surface area contributed by atoms with Crippen LogP contribution in [0.1, 0.15) is 5.56 Å². The number of benzene rings is 2. The number of amides is 1. The molecule has 0 spiro atoms. The van der Waals surface area contributed by atoms with Gasteiger partial charge in [0.25, 0.3) is 0 Å². The molecule has 174 valence electrons. The summed E-state index contributed by atoms with van der Waals surface area (Å²) in [4.78, 5) is 13.0. The van der Waals surface area contributed by atoms with Crippen LogP contribution in [0.25, 0.3) is 6.08 Å². The van der Waals surface area contributed by atoms with Gasteiger partial charge in [0, 0.05) is 38.1 Å². The number of carbonyl (C=O) groups is 1. The maximum absolute atomic E-state index is 12.5. The molecule has 32 heavy (non-hydrogen) atoms. The SMILES string of the molecule is COc1cc(OC)c(/C=C/C(=O)Nc2ccc(OC)c(SP(=O)(OC)OC)c2)c(OC)c1. The Kier molecular flexibility index (Phi) is 9.46. The second kappa shape index (κ2) is 11.8. The van der Waals surface area contributed by atoms with E-state index >= 15 is 0 Å². The molecule has 0 unspecified atom stereocenters. The third-order valence-corrected chi connectivity index (χ3v) is 8.03. The van der Waals surface area contributed by atoms with Crippen LogP contribution in [0.4, 0.5) is 5.69 Å². The molecule has 0 radical (unpaired) electrons. The number of nitrogens with one attached hydrogen (secondary N) is 1. The van der Waals surface area contributed by atoms with Crippen molar-refractivity contribution in [3.63, 3.8) is 0 Å². The summed E-state index contributed by atoms with van der Waals surface area (Å²) in [6.07, 6.45) is 2.93. The highest BCUT2D eigenvalue weighted by molar-refractivity contribution is 8.55. The standard InChI is InChI=1S/C21H26NO8PS/c1-25-15-12-18(27-3)16(19(13-15)28-4)8-10-21(23)22-14-7-9-17(26-2)20(11-14)32-31(24,29-5)30-6/h7-13H,1-6H3,(H,22,23)/b10-8+. The summed E-state index contributed by atoms with van der Waals surface area (Å²) >= 11 is 0.879. The molecular weight excluding hydrogens is 457 g/mol. The number of hydrogen-bond donors (Lipinski definition) is 1. The summed E-state index contributed by atoms with van der Waals surface area (Å²) in [5.41, 5.74) is 1.05. The van der Waals surface area contributed by atoms with Gasteiger partial charge in [-0.1, -0.05) is 0 Å². The fourth-order valence-corrected chi connectivity index (χ4v) is 5.19. The number of anilines is 1. The smallest absolute Gasteiger partial charge is 0.393 e. The summed E-state index contributed by atoms with van der Waals surface area (Å²) in [5.74, 6) is 1.61. The van der Waals surface area contributed by atoms with Crippen molar-refractivity contribution in [3.05, 3.63) is 42.0 Å². The van der Waals surface area contributed by atoms with Crippen molar-refractivity contribution in [1.29, 1.82) is 0 Å². The van der Waals surface area contributed by atoms with E-state index in [4.69, 9.17) is 28.0 Å². The van der Waals surface area contributed by atoms with Crippen LogP contribution in [-0.4, -0.2) is 48.6 Å². The summed E-state index contributed by atoms with van der Waals surface area (Å²) < 4.78 is 43.7. The van der Waals surface area contributed by atoms with E-state index in [-0.39, 0.29) is 0 Å². The lowest BCUT2D eigenvalue weighted by Gasteiger charge is -2.15. The molecule has 0 saturated carbocycles. The van der Waals surface area contributed by atoms with Gasteiger partial charge in [0.05, 0.1) is 38.9 Å². The van der Waals surface area contributed by atoms with Gasteiger partial charge in [-0.2, -0.15) is 0 Å². The van der Waals surface area contributed by atoms with Gasteiger partial charge in [-0.25, -0.2) is 4.57 Å². The first-order chi connectivity index (χ1) is 15.3. The summed E-state index contributed by atoms with van der Waals surface area (Å²) in [5, 5.41) is 2.75. The predicted octanol–water partition coefficient (Wildman–Crippen LogP) is 4.87. The van der Waals surface area contributed by atoms with Gasteiger partial charge in [0.1, 0.15) is 23.0 Å². The molecule has 0 atom stereocenters. The zero-order valence-corrected chi connectivity index (χ0v) is 20.4. The van der Waals surface area contributed by atoms with Crippen LogP contribution in [-0.2, 0) is 18.4 Å². The van der Waals surface area contributed by atoms with E-state index in [0.29, 0.717) is 39.1 Å². The lowest BCUT2D eigenvalue weighted by molar-refractivity contribution is -0.111. The van der Waals surface area contributed by atoms with Crippen molar-refractivity contribution < 1.29 is 37.4 Å². The Morgan fingerprint density at radius 3 is 1.97 bits per heavy atom. The van der Waals surface area contributed by atoms with E-state index in [9.17, 15) is 9.36 Å². The van der Waals surface area contributed by atoms with Crippen LogP contribution < -0.4 is 24.3 Å². The maximum atomic E-state index is 12.5. The van der Waals surface area contributed by atoms with Crippen molar-refractivity contribution in [1.82, 2.24) is 0 Å². The summed E-state index contributed by atoms with van der Waals surface area (Å²) in [7, 11) is 8.64. The molecule has 9 nitrogen and oxygen atoms in total. The van der Waals surface area contributed by atoms with Gasteiger partial charge in [-0.05, 0) is 35.7 Å². The van der Waals surface area contributed by atoms with E-state index in [1.54, 1.807) is 36.4 Å². The van der Waals surface area contributed by atoms with Crippen LogP contribution in [0.5, 0.6) is 23.0 Å². The van der Waals surface area contributed by atoms with Gasteiger partial charge >= 0.3 is 6.80 Å². The van der Waals surface area contributed by atoms with Crippen molar-refractivity contribution in [3.8, 4) is 23.0 Å². The van der Waals surface area contributed by atoms with Crippen LogP contribution in [0.2, 0.25) is 0 Å². The zero-order chi connectivity index (χ0) is 23.7. The quantitative estimate of drug-likeness (QED) is 0.354. The number of hydrogen-bond acceptors (Lipinski definition) is 9. The van der Waals surface area contributed by atoms with E-state index in [2.05, 4.69) is 5.32 Å². The maximum Gasteiger partial charge on any atom is 0.393 e. The highest BCUT2D eigenvalue weighted by Gasteiger charge is 2.25. The fourth-order valence-electron chi connectivity index (χ4n) is 2.64. The number of carbonyl (C=O) groups excluding carboxylic acids is 1. The highest BCUT2D eigenvalue weighted by atomic mass is 32.7. The lowest BCUT2D eigenvalue weighted by atomic mass is 10.1. The average Bonchev–Trinajstić information content (AvgIpc) is 2.82. The molecule has 0 bridgehead atoms. The van der Waals surface area contributed by atoms with Crippen LogP contribution >= 0.6 is 18.2 Å². The molecule has 1 N–H and O–H groups in total. The van der Waals surface area contributed by atoms with Crippen LogP contribution in [0.3, 0.4) is 0 Å². The van der Waals surface area contributed by atoms with Gasteiger partial charge in [0.15, 0.2) is 0 Å². The van der Waals surface area contributed by atoms with E-state index < -0.39 is 12.7 Å². The number of methoxy groups -OCH3 is 4. The summed E-state index contributed by atoms with van der Waals surface area (Å²) in [6.45, 7) is -3.40. The minimum Gasteiger partial charge on any atom is -0.496 e. The fraction of sp³-hybridized carbons (Fsp3) is 0.286. The van der Waals surface area contributed by atoms with E-state index in [1.807, 2.05) is 0 Å². The Bertz CT molecular complexity index is 994. The molecule has 11 heteroatoms. The Labute approximate surface area is 191 Å². The van der Waals surface area contributed by atoms with Crippen molar-refractivity contribution >= 4 is 35.8 Å². The monoisotopic (exact) mass is 483 g/mol. The molecule has 2 aromatic rings. The van der Waals surface area contributed by atoms with Crippen LogP contribution in [0.15, 0.2) is 41.3 Å². The van der Waals surface area contributed by atoms with Gasteiger partial charge < -0.3 is 33.3 Å². The molecule has 2 aromatic carbocycles. The third kappa shape index (κ3) is 6.43. The van der Waals surface area contributed by atoms with Gasteiger partial charge in [-0.15, -0.1) is 0 Å². The largest absolute Gasteiger partial charge is 0.496 e.